The van der Waals surface area contributed by atoms with Crippen LogP contribution in [0.3, 0.4) is 0 Å². The van der Waals surface area contributed by atoms with Gasteiger partial charge in [0.05, 0.1) is 4.92 Å². The summed E-state index contributed by atoms with van der Waals surface area (Å²) in [4.78, 5) is 10.2. The van der Waals surface area contributed by atoms with Crippen molar-refractivity contribution in [3.05, 3.63) is 33.9 Å². The summed E-state index contributed by atoms with van der Waals surface area (Å²) in [6.07, 6.45) is 3.29. The van der Waals surface area contributed by atoms with Crippen molar-refractivity contribution in [3.63, 3.8) is 0 Å². The fourth-order valence-electron chi connectivity index (χ4n) is 1.72. The Balaban J connectivity index is 0.00000112. The molecule has 1 heterocycles. The van der Waals surface area contributed by atoms with E-state index in [4.69, 9.17) is 0 Å². The second-order valence-electron chi connectivity index (χ2n) is 3.48. The molecule has 0 saturated carbocycles. The zero-order chi connectivity index (χ0) is 9.97. The first kappa shape index (κ1) is 11.8. The maximum Gasteiger partial charge on any atom is 0.271 e. The molecule has 1 aromatic rings. The molecule has 1 N–H and O–H groups in total. The molecular formula is C10H13ClN2O2. The third kappa shape index (κ3) is 2.59. The second-order valence-corrected chi connectivity index (χ2v) is 3.48. The van der Waals surface area contributed by atoms with E-state index in [1.165, 1.54) is 5.56 Å². The number of fused-ring (bicyclic) bond motifs is 1. The number of hydrogen-bond acceptors (Lipinski definition) is 3. The fraction of sp³-hybridized carbons (Fsp3) is 0.400. The van der Waals surface area contributed by atoms with Gasteiger partial charge in [0.15, 0.2) is 0 Å². The van der Waals surface area contributed by atoms with Crippen LogP contribution in [0, 0.1) is 10.1 Å². The number of nitro benzene ring substituents is 1. The van der Waals surface area contributed by atoms with Gasteiger partial charge in [0.25, 0.3) is 5.69 Å². The summed E-state index contributed by atoms with van der Waals surface area (Å²) in [6, 6.07) is 5.05. The van der Waals surface area contributed by atoms with Crippen molar-refractivity contribution in [2.75, 3.05) is 11.9 Å². The van der Waals surface area contributed by atoms with E-state index in [2.05, 4.69) is 5.32 Å². The van der Waals surface area contributed by atoms with Crippen LogP contribution in [0.4, 0.5) is 11.4 Å². The summed E-state index contributed by atoms with van der Waals surface area (Å²) in [5, 5.41) is 13.8. The molecule has 0 unspecified atom stereocenters. The van der Waals surface area contributed by atoms with Gasteiger partial charge in [0, 0.05) is 24.4 Å². The van der Waals surface area contributed by atoms with Gasteiger partial charge in [-0.2, -0.15) is 0 Å². The van der Waals surface area contributed by atoms with E-state index in [9.17, 15) is 10.1 Å². The minimum atomic E-state index is -0.354. The first-order valence-corrected chi connectivity index (χ1v) is 4.78. The zero-order valence-corrected chi connectivity index (χ0v) is 9.05. The van der Waals surface area contributed by atoms with Crippen molar-refractivity contribution in [1.82, 2.24) is 0 Å². The first-order valence-electron chi connectivity index (χ1n) is 4.78. The van der Waals surface area contributed by atoms with Crippen molar-refractivity contribution in [1.29, 1.82) is 0 Å². The lowest BCUT2D eigenvalue weighted by molar-refractivity contribution is -0.384. The first-order chi connectivity index (χ1) is 6.77. The Morgan fingerprint density at radius 2 is 2.13 bits per heavy atom. The lowest BCUT2D eigenvalue weighted by Gasteiger charge is -2.06. The normalized spacial score (nSPS) is 14.1. The van der Waals surface area contributed by atoms with Crippen molar-refractivity contribution < 1.29 is 4.92 Å². The molecule has 5 heteroatoms. The standard InChI is InChI=1S/C10H12N2O2.ClH/c13-12(14)9-5-4-8-3-1-2-6-11-10(8)7-9;/h4-5,7,11H,1-3,6H2;1H. The Kier molecular flexibility index (Phi) is 3.91. The third-order valence-electron chi connectivity index (χ3n) is 2.49. The minimum absolute atomic E-state index is 0. The highest BCUT2D eigenvalue weighted by atomic mass is 35.5. The number of non-ortho nitro benzene ring substituents is 1. The van der Waals surface area contributed by atoms with Crippen LogP contribution >= 0.6 is 12.4 Å². The Hall–Kier alpha value is -1.29. The lowest BCUT2D eigenvalue weighted by atomic mass is 10.1. The SMILES string of the molecule is Cl.O=[N+]([O-])c1ccc2c(c1)NCCCC2. The molecule has 1 aromatic carbocycles. The Labute approximate surface area is 94.2 Å². The molecule has 82 valence electrons. The summed E-state index contributed by atoms with van der Waals surface area (Å²) >= 11 is 0. The highest BCUT2D eigenvalue weighted by Gasteiger charge is 2.12. The molecule has 15 heavy (non-hydrogen) atoms. The van der Waals surface area contributed by atoms with E-state index >= 15 is 0 Å². The topological polar surface area (TPSA) is 55.2 Å². The monoisotopic (exact) mass is 228 g/mol. The molecular weight excluding hydrogens is 216 g/mol. The second kappa shape index (κ2) is 4.98. The molecule has 1 aliphatic heterocycles. The molecule has 0 atom stereocenters. The molecule has 0 amide bonds. The number of nitro groups is 1. The Bertz CT molecular complexity index is 368. The van der Waals surface area contributed by atoms with Crippen LogP contribution in [0.5, 0.6) is 0 Å². The number of rotatable bonds is 1. The smallest absolute Gasteiger partial charge is 0.271 e. The molecule has 0 fully saturated rings. The molecule has 0 spiro atoms. The molecule has 1 aliphatic rings. The third-order valence-corrected chi connectivity index (χ3v) is 2.49. The predicted molar refractivity (Wildman–Crippen MR) is 61.8 cm³/mol. The van der Waals surface area contributed by atoms with Gasteiger partial charge in [-0.15, -0.1) is 12.4 Å². The highest BCUT2D eigenvalue weighted by Crippen LogP contribution is 2.25. The Morgan fingerprint density at radius 3 is 2.87 bits per heavy atom. The Morgan fingerprint density at radius 1 is 1.33 bits per heavy atom. The summed E-state index contributed by atoms with van der Waals surface area (Å²) in [5.41, 5.74) is 2.28. The van der Waals surface area contributed by atoms with Gasteiger partial charge in [0.2, 0.25) is 0 Å². The quantitative estimate of drug-likeness (QED) is 0.594. The molecule has 0 radical (unpaired) electrons. The van der Waals surface area contributed by atoms with Crippen molar-refractivity contribution in [2.24, 2.45) is 0 Å². The predicted octanol–water partition coefficient (Wildman–Crippen LogP) is 2.76. The maximum absolute atomic E-state index is 10.6. The summed E-state index contributed by atoms with van der Waals surface area (Å²) < 4.78 is 0. The largest absolute Gasteiger partial charge is 0.385 e. The van der Waals surface area contributed by atoms with Gasteiger partial charge in [-0.1, -0.05) is 6.07 Å². The molecule has 0 aromatic heterocycles. The summed E-state index contributed by atoms with van der Waals surface area (Å²) in [5.74, 6) is 0. The number of aryl methyl sites for hydroxylation is 1. The van der Waals surface area contributed by atoms with E-state index in [1.54, 1.807) is 12.1 Å². The average molecular weight is 229 g/mol. The van der Waals surface area contributed by atoms with Crippen LogP contribution in [0.25, 0.3) is 0 Å². The van der Waals surface area contributed by atoms with E-state index in [0.29, 0.717) is 0 Å². The van der Waals surface area contributed by atoms with Crippen LogP contribution in [0.2, 0.25) is 0 Å². The van der Waals surface area contributed by atoms with Gasteiger partial charge >= 0.3 is 0 Å². The van der Waals surface area contributed by atoms with Crippen LogP contribution in [0.15, 0.2) is 18.2 Å². The number of nitrogens with one attached hydrogen (secondary N) is 1. The molecule has 0 bridgehead atoms. The molecule has 0 aliphatic carbocycles. The van der Waals surface area contributed by atoms with Gasteiger partial charge < -0.3 is 5.32 Å². The average Bonchev–Trinajstić information content (AvgIpc) is 2.41. The molecule has 4 nitrogen and oxygen atoms in total. The fourth-order valence-corrected chi connectivity index (χ4v) is 1.72. The van der Waals surface area contributed by atoms with E-state index in [0.717, 1.165) is 31.5 Å². The highest BCUT2D eigenvalue weighted by molar-refractivity contribution is 5.85. The van der Waals surface area contributed by atoms with Crippen LogP contribution in [-0.2, 0) is 6.42 Å². The number of benzene rings is 1. The number of nitrogens with zero attached hydrogens (tertiary/aromatic N) is 1. The minimum Gasteiger partial charge on any atom is -0.385 e. The zero-order valence-electron chi connectivity index (χ0n) is 8.23. The number of anilines is 1. The van der Waals surface area contributed by atoms with E-state index in [1.807, 2.05) is 6.07 Å². The van der Waals surface area contributed by atoms with Gasteiger partial charge in [0.1, 0.15) is 0 Å². The molecule has 2 rings (SSSR count). The number of hydrogen-bond donors (Lipinski definition) is 1. The van der Waals surface area contributed by atoms with Crippen LogP contribution < -0.4 is 5.32 Å². The van der Waals surface area contributed by atoms with Crippen LogP contribution in [-0.4, -0.2) is 11.5 Å². The summed E-state index contributed by atoms with van der Waals surface area (Å²) in [7, 11) is 0. The van der Waals surface area contributed by atoms with E-state index in [-0.39, 0.29) is 23.0 Å². The number of halogens is 1. The summed E-state index contributed by atoms with van der Waals surface area (Å²) in [6.45, 7) is 0.911. The lowest BCUT2D eigenvalue weighted by Crippen LogP contribution is -2.00. The van der Waals surface area contributed by atoms with Crippen molar-refractivity contribution in [3.8, 4) is 0 Å². The van der Waals surface area contributed by atoms with Gasteiger partial charge in [-0.05, 0) is 24.8 Å². The van der Waals surface area contributed by atoms with Crippen molar-refractivity contribution >= 4 is 23.8 Å². The maximum atomic E-state index is 10.6. The van der Waals surface area contributed by atoms with Crippen molar-refractivity contribution in [2.45, 2.75) is 19.3 Å². The van der Waals surface area contributed by atoms with Crippen LogP contribution in [0.1, 0.15) is 18.4 Å². The van der Waals surface area contributed by atoms with E-state index < -0.39 is 0 Å². The van der Waals surface area contributed by atoms with Gasteiger partial charge in [-0.3, -0.25) is 10.1 Å². The molecule has 0 saturated heterocycles. The van der Waals surface area contributed by atoms with Gasteiger partial charge in [-0.25, -0.2) is 0 Å².